The number of pyridine rings is 1. The molecule has 2 aromatic rings. The second-order valence-electron chi connectivity index (χ2n) is 11.2. The maximum atomic E-state index is 14.9. The molecule has 246 valence electrons. The molecule has 5 rings (SSSR count). The number of nitriles is 1. The monoisotopic (exact) mass is 670 g/mol. The molecule has 1 aromatic heterocycles. The quantitative estimate of drug-likeness (QED) is 0.370. The SMILES string of the molecule is CCOC(=O)CN1CC(C(=O)N(c2cccc(F)c2)C(C(=O)NC2CC(F)(F)C2)C2=C(Cl)C=CCC2)N(c2cc(C#N)ccn2)C1=O. The number of halogens is 4. The summed E-state index contributed by atoms with van der Waals surface area (Å²) < 4.78 is 47.2. The van der Waals surface area contributed by atoms with Crippen LogP contribution in [0.2, 0.25) is 0 Å². The van der Waals surface area contributed by atoms with Gasteiger partial charge in [0.2, 0.25) is 5.91 Å². The average Bonchev–Trinajstić information content (AvgIpc) is 3.34. The Morgan fingerprint density at radius 3 is 2.68 bits per heavy atom. The third-order valence-corrected chi connectivity index (χ3v) is 8.33. The van der Waals surface area contributed by atoms with Gasteiger partial charge in [-0.05, 0) is 61.7 Å². The number of ether oxygens (including phenoxy) is 1. The van der Waals surface area contributed by atoms with Crippen molar-refractivity contribution in [2.45, 2.75) is 56.7 Å². The molecular formula is C32H30ClF3N6O5. The van der Waals surface area contributed by atoms with Crippen molar-refractivity contribution in [1.29, 1.82) is 5.26 Å². The Bertz CT molecular complexity index is 1690. The molecule has 1 saturated heterocycles. The van der Waals surface area contributed by atoms with Gasteiger partial charge in [-0.15, -0.1) is 0 Å². The number of nitrogens with one attached hydrogen (secondary N) is 1. The number of hydrogen-bond acceptors (Lipinski definition) is 7. The fourth-order valence-corrected chi connectivity index (χ4v) is 6.09. The van der Waals surface area contributed by atoms with Crippen LogP contribution in [0.15, 0.2) is 65.4 Å². The van der Waals surface area contributed by atoms with E-state index in [1.165, 1.54) is 30.5 Å². The van der Waals surface area contributed by atoms with Gasteiger partial charge in [-0.25, -0.2) is 22.9 Å². The van der Waals surface area contributed by atoms with Gasteiger partial charge >= 0.3 is 12.0 Å². The summed E-state index contributed by atoms with van der Waals surface area (Å²) in [7, 11) is 0. The zero-order valence-corrected chi connectivity index (χ0v) is 25.9. The summed E-state index contributed by atoms with van der Waals surface area (Å²) in [6.07, 6.45) is 4.04. The summed E-state index contributed by atoms with van der Waals surface area (Å²) in [6.45, 7) is 0.732. The van der Waals surface area contributed by atoms with Gasteiger partial charge < -0.3 is 15.0 Å². The van der Waals surface area contributed by atoms with Crippen LogP contribution in [0.4, 0.5) is 29.5 Å². The number of benzene rings is 1. The molecule has 0 spiro atoms. The first-order valence-corrected chi connectivity index (χ1v) is 15.2. The lowest BCUT2D eigenvalue weighted by Gasteiger charge is -2.40. The topological polar surface area (TPSA) is 136 Å². The van der Waals surface area contributed by atoms with Gasteiger partial charge in [-0.2, -0.15) is 5.26 Å². The number of carbonyl (C=O) groups is 4. The predicted octanol–water partition coefficient (Wildman–Crippen LogP) is 4.42. The van der Waals surface area contributed by atoms with Crippen molar-refractivity contribution in [2.75, 3.05) is 29.5 Å². The van der Waals surface area contributed by atoms with Crippen LogP contribution >= 0.6 is 11.6 Å². The number of alkyl halides is 2. The minimum absolute atomic E-state index is 0.0418. The number of anilines is 2. The van der Waals surface area contributed by atoms with Gasteiger partial charge in [0.05, 0.1) is 24.8 Å². The fourth-order valence-electron chi connectivity index (χ4n) is 5.80. The summed E-state index contributed by atoms with van der Waals surface area (Å²) >= 11 is 6.59. The van der Waals surface area contributed by atoms with E-state index in [1.54, 1.807) is 19.1 Å². The molecule has 2 unspecified atom stereocenters. The number of esters is 1. The van der Waals surface area contributed by atoms with Crippen molar-refractivity contribution in [3.05, 3.63) is 76.7 Å². The lowest BCUT2D eigenvalue weighted by atomic mass is 9.87. The molecule has 2 fully saturated rings. The molecule has 1 aromatic carbocycles. The molecule has 1 aliphatic heterocycles. The summed E-state index contributed by atoms with van der Waals surface area (Å²) in [4.78, 5) is 62.3. The summed E-state index contributed by atoms with van der Waals surface area (Å²) in [5, 5.41) is 12.2. The molecule has 4 amide bonds. The first-order chi connectivity index (χ1) is 22.4. The average molecular weight is 671 g/mol. The van der Waals surface area contributed by atoms with E-state index in [1.807, 2.05) is 6.07 Å². The molecular weight excluding hydrogens is 641 g/mol. The Morgan fingerprint density at radius 1 is 1.26 bits per heavy atom. The van der Waals surface area contributed by atoms with Crippen molar-refractivity contribution < 1.29 is 37.1 Å². The number of allylic oxidation sites excluding steroid dienone is 3. The zero-order valence-electron chi connectivity index (χ0n) is 25.2. The Labute approximate surface area is 273 Å². The lowest BCUT2D eigenvalue weighted by molar-refractivity contribution is -0.143. The Balaban J connectivity index is 1.62. The van der Waals surface area contributed by atoms with Gasteiger partial charge in [-0.1, -0.05) is 23.7 Å². The van der Waals surface area contributed by atoms with Crippen LogP contribution in [0.5, 0.6) is 0 Å². The number of amides is 4. The van der Waals surface area contributed by atoms with Crippen LogP contribution in [0.25, 0.3) is 0 Å². The maximum absolute atomic E-state index is 14.9. The molecule has 2 heterocycles. The maximum Gasteiger partial charge on any atom is 0.327 e. The Kier molecular flexibility index (Phi) is 9.85. The van der Waals surface area contributed by atoms with Crippen molar-refractivity contribution in [3.8, 4) is 6.07 Å². The van der Waals surface area contributed by atoms with Crippen LogP contribution in [0, 0.1) is 17.1 Å². The Hall–Kier alpha value is -4.90. The van der Waals surface area contributed by atoms with E-state index in [2.05, 4.69) is 10.3 Å². The molecule has 2 aliphatic carbocycles. The highest BCUT2D eigenvalue weighted by atomic mass is 35.5. The molecule has 47 heavy (non-hydrogen) atoms. The summed E-state index contributed by atoms with van der Waals surface area (Å²) in [5.74, 6) is -6.23. The molecule has 0 radical (unpaired) electrons. The summed E-state index contributed by atoms with van der Waals surface area (Å²) in [6, 6.07) is 4.81. The van der Waals surface area contributed by atoms with E-state index >= 15 is 0 Å². The van der Waals surface area contributed by atoms with Gasteiger partial charge in [0.1, 0.15) is 30.3 Å². The smallest absolute Gasteiger partial charge is 0.327 e. The van der Waals surface area contributed by atoms with Crippen molar-refractivity contribution >= 4 is 46.9 Å². The van der Waals surface area contributed by atoms with Gasteiger partial charge in [0, 0.05) is 35.8 Å². The molecule has 1 N–H and O–H groups in total. The molecule has 2 atom stereocenters. The molecule has 11 nitrogen and oxygen atoms in total. The molecule has 3 aliphatic rings. The van der Waals surface area contributed by atoms with Crippen LogP contribution in [-0.4, -0.2) is 77.4 Å². The van der Waals surface area contributed by atoms with Crippen LogP contribution in [-0.2, 0) is 19.1 Å². The van der Waals surface area contributed by atoms with Gasteiger partial charge in [-0.3, -0.25) is 24.2 Å². The van der Waals surface area contributed by atoms with E-state index < -0.39 is 73.1 Å². The number of aromatic nitrogens is 1. The highest BCUT2D eigenvalue weighted by Crippen LogP contribution is 2.39. The first-order valence-electron chi connectivity index (χ1n) is 14.8. The van der Waals surface area contributed by atoms with E-state index in [9.17, 15) is 37.6 Å². The van der Waals surface area contributed by atoms with Crippen molar-refractivity contribution in [3.63, 3.8) is 0 Å². The van der Waals surface area contributed by atoms with E-state index in [0.717, 1.165) is 26.8 Å². The van der Waals surface area contributed by atoms with E-state index in [-0.39, 0.29) is 47.2 Å². The standard InChI is InChI=1S/C32H30ClF3N6O5/c1-2-47-27(43)18-40-17-25(42(31(40)46)26-12-19(16-37)10-11-38-26)30(45)41(22-7-5-6-20(34)13-22)28(23-8-3-4-9-24(23)33)29(44)39-21-14-32(35,36)15-21/h4-7,9-13,21,25,28H,2-3,8,14-15,17-18H2,1H3,(H,39,44). The molecule has 1 saturated carbocycles. The Morgan fingerprint density at radius 2 is 2.02 bits per heavy atom. The second kappa shape index (κ2) is 13.8. The number of carbonyl (C=O) groups excluding carboxylic acids is 4. The minimum atomic E-state index is -2.95. The van der Waals surface area contributed by atoms with Crippen molar-refractivity contribution in [1.82, 2.24) is 15.2 Å². The fraction of sp³-hybridized carbons (Fsp3) is 0.375. The van der Waals surface area contributed by atoms with E-state index in [0.29, 0.717) is 6.42 Å². The molecule has 15 heteroatoms. The number of hydrogen-bond donors (Lipinski definition) is 1. The lowest BCUT2D eigenvalue weighted by Crippen LogP contribution is -2.60. The predicted molar refractivity (Wildman–Crippen MR) is 164 cm³/mol. The third kappa shape index (κ3) is 7.25. The number of urea groups is 1. The van der Waals surface area contributed by atoms with Gasteiger partial charge in [0.15, 0.2) is 0 Å². The number of rotatable bonds is 10. The normalized spacial score (nSPS) is 19.6. The third-order valence-electron chi connectivity index (χ3n) is 7.96. The van der Waals surface area contributed by atoms with Crippen molar-refractivity contribution in [2.24, 2.45) is 0 Å². The largest absolute Gasteiger partial charge is 0.465 e. The molecule has 0 bridgehead atoms. The second-order valence-corrected chi connectivity index (χ2v) is 11.7. The highest BCUT2D eigenvalue weighted by molar-refractivity contribution is 6.32. The van der Waals surface area contributed by atoms with Crippen LogP contribution < -0.4 is 15.1 Å². The zero-order chi connectivity index (χ0) is 33.9. The number of nitrogens with zero attached hydrogens (tertiary/aromatic N) is 5. The minimum Gasteiger partial charge on any atom is -0.465 e. The highest BCUT2D eigenvalue weighted by Gasteiger charge is 2.50. The van der Waals surface area contributed by atoms with E-state index in [4.69, 9.17) is 16.3 Å². The first kappa shape index (κ1) is 33.5. The van der Waals surface area contributed by atoms with Crippen LogP contribution in [0.1, 0.15) is 38.2 Å². The van der Waals surface area contributed by atoms with Gasteiger partial charge in [0.25, 0.3) is 11.8 Å². The van der Waals surface area contributed by atoms with Crippen LogP contribution in [0.3, 0.4) is 0 Å². The summed E-state index contributed by atoms with van der Waals surface area (Å²) in [5.41, 5.74) is 0.329.